The molecule has 108 valence electrons. The van der Waals surface area contributed by atoms with Crippen LogP contribution in [0.2, 0.25) is 0 Å². The topological polar surface area (TPSA) is 67.4 Å². The van der Waals surface area contributed by atoms with Crippen molar-refractivity contribution in [2.45, 2.75) is 18.9 Å². The monoisotopic (exact) mass is 340 g/mol. The Hall–Kier alpha value is -1.40. The third-order valence-corrected chi connectivity index (χ3v) is 3.97. The van der Waals surface area contributed by atoms with Gasteiger partial charge in [0.05, 0.1) is 12.7 Å². The minimum Gasteiger partial charge on any atom is -0.465 e. The van der Waals surface area contributed by atoms with Gasteiger partial charge in [-0.15, -0.1) is 0 Å². The van der Waals surface area contributed by atoms with E-state index in [0.717, 1.165) is 25.9 Å². The number of nitrogens with one attached hydrogen (secondary N) is 2. The van der Waals surface area contributed by atoms with Crippen molar-refractivity contribution in [3.05, 3.63) is 33.8 Å². The molecule has 1 heterocycles. The lowest BCUT2D eigenvalue weighted by Gasteiger charge is -2.23. The number of carbonyl (C=O) groups is 2. The predicted octanol–water partition coefficient (Wildman–Crippen LogP) is 1.72. The summed E-state index contributed by atoms with van der Waals surface area (Å²) in [6.45, 7) is 1.85. The van der Waals surface area contributed by atoms with Crippen molar-refractivity contribution in [2.75, 3.05) is 20.2 Å². The third-order valence-electron chi connectivity index (χ3n) is 3.31. The fraction of sp³-hybridized carbons (Fsp3) is 0.429. The average molecular weight is 341 g/mol. The molecule has 0 saturated carbocycles. The maximum absolute atomic E-state index is 12.1. The van der Waals surface area contributed by atoms with E-state index in [2.05, 4.69) is 31.3 Å². The molecular weight excluding hydrogens is 324 g/mol. The van der Waals surface area contributed by atoms with Crippen LogP contribution in [0.3, 0.4) is 0 Å². The van der Waals surface area contributed by atoms with Crippen LogP contribution in [0.5, 0.6) is 0 Å². The SMILES string of the molecule is COC(=O)c1ccc(C(=O)NC2CCNCC2)cc1Br. The Bertz CT molecular complexity index is 513. The van der Waals surface area contributed by atoms with Crippen molar-refractivity contribution in [3.63, 3.8) is 0 Å². The van der Waals surface area contributed by atoms with E-state index >= 15 is 0 Å². The minimum absolute atomic E-state index is 0.117. The van der Waals surface area contributed by atoms with Crippen molar-refractivity contribution in [1.29, 1.82) is 0 Å². The van der Waals surface area contributed by atoms with Gasteiger partial charge in [0.15, 0.2) is 0 Å². The number of benzene rings is 1. The van der Waals surface area contributed by atoms with Gasteiger partial charge in [0.25, 0.3) is 5.91 Å². The van der Waals surface area contributed by atoms with Crippen molar-refractivity contribution < 1.29 is 14.3 Å². The Morgan fingerprint density at radius 2 is 2.05 bits per heavy atom. The van der Waals surface area contributed by atoms with E-state index in [9.17, 15) is 9.59 Å². The molecule has 0 bridgehead atoms. The van der Waals surface area contributed by atoms with Crippen LogP contribution in [0.15, 0.2) is 22.7 Å². The Labute approximate surface area is 126 Å². The zero-order valence-corrected chi connectivity index (χ0v) is 12.8. The summed E-state index contributed by atoms with van der Waals surface area (Å²) in [5.41, 5.74) is 0.939. The van der Waals surface area contributed by atoms with Gasteiger partial charge in [0.2, 0.25) is 0 Å². The molecule has 0 atom stereocenters. The van der Waals surface area contributed by atoms with E-state index in [1.807, 2.05) is 0 Å². The molecule has 1 amide bonds. The molecule has 1 aliphatic heterocycles. The first kappa shape index (κ1) is 15.0. The summed E-state index contributed by atoms with van der Waals surface area (Å²) in [6, 6.07) is 5.08. The minimum atomic E-state index is -0.429. The molecule has 1 aromatic rings. The molecule has 1 fully saturated rings. The molecule has 1 saturated heterocycles. The summed E-state index contributed by atoms with van der Waals surface area (Å²) in [6.07, 6.45) is 1.88. The first-order valence-electron chi connectivity index (χ1n) is 6.51. The normalized spacial score (nSPS) is 15.7. The highest BCUT2D eigenvalue weighted by atomic mass is 79.9. The summed E-state index contributed by atoms with van der Waals surface area (Å²) in [7, 11) is 1.33. The number of carbonyl (C=O) groups excluding carboxylic acids is 2. The number of ether oxygens (including phenoxy) is 1. The standard InChI is InChI=1S/C14H17BrN2O3/c1-20-14(19)11-3-2-9(8-12(11)15)13(18)17-10-4-6-16-7-5-10/h2-3,8,10,16H,4-7H2,1H3,(H,17,18). The number of esters is 1. The number of hydrogen-bond acceptors (Lipinski definition) is 4. The first-order valence-corrected chi connectivity index (χ1v) is 7.30. The van der Waals surface area contributed by atoms with Gasteiger partial charge in [0, 0.05) is 16.1 Å². The Morgan fingerprint density at radius 3 is 2.65 bits per heavy atom. The highest BCUT2D eigenvalue weighted by molar-refractivity contribution is 9.10. The summed E-state index contributed by atoms with van der Waals surface area (Å²) < 4.78 is 5.22. The fourth-order valence-corrected chi connectivity index (χ4v) is 2.71. The molecule has 2 N–H and O–H groups in total. The lowest BCUT2D eigenvalue weighted by Crippen LogP contribution is -2.42. The number of methoxy groups -OCH3 is 1. The van der Waals surface area contributed by atoms with E-state index < -0.39 is 5.97 Å². The van der Waals surface area contributed by atoms with Crippen LogP contribution in [0.1, 0.15) is 33.6 Å². The lowest BCUT2D eigenvalue weighted by atomic mass is 10.1. The zero-order valence-electron chi connectivity index (χ0n) is 11.2. The maximum Gasteiger partial charge on any atom is 0.339 e. The summed E-state index contributed by atoms with van der Waals surface area (Å²) in [5.74, 6) is -0.545. The number of rotatable bonds is 3. The summed E-state index contributed by atoms with van der Waals surface area (Å²) in [4.78, 5) is 23.6. The van der Waals surface area contributed by atoms with Crippen LogP contribution in [0, 0.1) is 0 Å². The number of hydrogen-bond donors (Lipinski definition) is 2. The van der Waals surface area contributed by atoms with Gasteiger partial charge in [-0.2, -0.15) is 0 Å². The van der Waals surface area contributed by atoms with Crippen LogP contribution >= 0.6 is 15.9 Å². The molecule has 1 aromatic carbocycles. The molecule has 0 unspecified atom stereocenters. The van der Waals surface area contributed by atoms with E-state index in [4.69, 9.17) is 0 Å². The van der Waals surface area contributed by atoms with Crippen LogP contribution < -0.4 is 10.6 Å². The van der Waals surface area contributed by atoms with Gasteiger partial charge in [-0.05, 0) is 60.1 Å². The zero-order chi connectivity index (χ0) is 14.5. The Morgan fingerprint density at radius 1 is 1.35 bits per heavy atom. The highest BCUT2D eigenvalue weighted by Crippen LogP contribution is 2.19. The third kappa shape index (κ3) is 3.58. The number of piperidine rings is 1. The lowest BCUT2D eigenvalue weighted by molar-refractivity contribution is 0.0599. The van der Waals surface area contributed by atoms with Gasteiger partial charge >= 0.3 is 5.97 Å². The highest BCUT2D eigenvalue weighted by Gasteiger charge is 2.18. The molecule has 1 aliphatic rings. The van der Waals surface area contributed by atoms with Gasteiger partial charge in [-0.25, -0.2) is 4.79 Å². The molecule has 5 nitrogen and oxygen atoms in total. The molecule has 0 aliphatic carbocycles. The number of halogens is 1. The Balaban J connectivity index is 2.06. The maximum atomic E-state index is 12.1. The first-order chi connectivity index (χ1) is 9.61. The summed E-state index contributed by atoms with van der Waals surface area (Å²) >= 11 is 3.29. The molecule has 0 aromatic heterocycles. The smallest absolute Gasteiger partial charge is 0.339 e. The molecule has 0 radical (unpaired) electrons. The van der Waals surface area contributed by atoms with Crippen LogP contribution in [0.25, 0.3) is 0 Å². The van der Waals surface area contributed by atoms with Gasteiger partial charge in [-0.1, -0.05) is 0 Å². The fourth-order valence-electron chi connectivity index (χ4n) is 2.17. The van der Waals surface area contributed by atoms with E-state index in [1.54, 1.807) is 18.2 Å². The number of amides is 1. The quantitative estimate of drug-likeness (QED) is 0.822. The largest absolute Gasteiger partial charge is 0.465 e. The average Bonchev–Trinajstić information content (AvgIpc) is 2.47. The molecular formula is C14H17BrN2O3. The van der Waals surface area contributed by atoms with E-state index in [0.29, 0.717) is 15.6 Å². The van der Waals surface area contributed by atoms with Crippen molar-refractivity contribution in [3.8, 4) is 0 Å². The van der Waals surface area contributed by atoms with Crippen molar-refractivity contribution in [2.24, 2.45) is 0 Å². The summed E-state index contributed by atoms with van der Waals surface area (Å²) in [5, 5.41) is 6.26. The van der Waals surface area contributed by atoms with Crippen LogP contribution in [-0.4, -0.2) is 38.1 Å². The van der Waals surface area contributed by atoms with Gasteiger partial charge < -0.3 is 15.4 Å². The van der Waals surface area contributed by atoms with Gasteiger partial charge in [-0.3, -0.25) is 4.79 Å². The second-order valence-corrected chi connectivity index (χ2v) is 5.54. The second-order valence-electron chi connectivity index (χ2n) is 4.68. The Kier molecular flexibility index (Phi) is 5.14. The molecule has 2 rings (SSSR count). The van der Waals surface area contributed by atoms with E-state index in [1.165, 1.54) is 7.11 Å². The predicted molar refractivity (Wildman–Crippen MR) is 78.8 cm³/mol. The molecule has 20 heavy (non-hydrogen) atoms. The molecule has 6 heteroatoms. The van der Waals surface area contributed by atoms with Crippen molar-refractivity contribution >= 4 is 27.8 Å². The van der Waals surface area contributed by atoms with E-state index in [-0.39, 0.29) is 11.9 Å². The molecule has 0 spiro atoms. The van der Waals surface area contributed by atoms with Crippen LogP contribution in [0.4, 0.5) is 0 Å². The van der Waals surface area contributed by atoms with Crippen LogP contribution in [-0.2, 0) is 4.74 Å². The van der Waals surface area contributed by atoms with Gasteiger partial charge in [0.1, 0.15) is 0 Å². The second kappa shape index (κ2) is 6.85. The van der Waals surface area contributed by atoms with Crippen molar-refractivity contribution in [1.82, 2.24) is 10.6 Å².